The molecule has 0 saturated carbocycles. The number of aryl methyl sites for hydroxylation is 1. The van der Waals surface area contributed by atoms with Gasteiger partial charge in [-0.25, -0.2) is 0 Å². The van der Waals surface area contributed by atoms with E-state index in [-0.39, 0.29) is 0 Å². The topological polar surface area (TPSA) is 18.5 Å². The van der Waals surface area contributed by atoms with Gasteiger partial charge in [0.05, 0.1) is 0 Å². The first-order chi connectivity index (χ1) is 8.72. The Morgan fingerprint density at radius 1 is 1.22 bits per heavy atom. The van der Waals surface area contributed by atoms with Gasteiger partial charge >= 0.3 is 0 Å². The van der Waals surface area contributed by atoms with Gasteiger partial charge in [0, 0.05) is 25.3 Å². The molecule has 0 fully saturated rings. The van der Waals surface area contributed by atoms with Gasteiger partial charge in [0.1, 0.15) is 5.75 Å². The molecule has 3 rings (SSSR count). The van der Waals surface area contributed by atoms with Crippen molar-refractivity contribution in [1.29, 1.82) is 0 Å². The number of fused-ring (bicyclic) bond motifs is 3. The predicted octanol–water partition coefficient (Wildman–Crippen LogP) is 3.92. The van der Waals surface area contributed by atoms with E-state index in [0.29, 0.717) is 6.61 Å². The van der Waals surface area contributed by atoms with Crippen LogP contribution in [-0.2, 0) is 11.2 Å². The standard InChI is InChI=1S/C16H18O2/c1-3-17-16(2)11-10-13-9-8-12-6-4-5-7-14(12)15(13)18-16/h4-9H,3,10-11H2,1-2H3. The molecule has 0 radical (unpaired) electrons. The van der Waals surface area contributed by atoms with E-state index in [2.05, 4.69) is 36.4 Å². The molecule has 1 unspecified atom stereocenters. The molecule has 0 saturated heterocycles. The molecule has 1 aliphatic heterocycles. The van der Waals surface area contributed by atoms with E-state index in [0.717, 1.165) is 18.6 Å². The largest absolute Gasteiger partial charge is 0.462 e. The van der Waals surface area contributed by atoms with Crippen molar-refractivity contribution in [2.24, 2.45) is 0 Å². The Morgan fingerprint density at radius 2 is 2.06 bits per heavy atom. The maximum Gasteiger partial charge on any atom is 0.208 e. The van der Waals surface area contributed by atoms with Gasteiger partial charge in [-0.05, 0) is 24.3 Å². The van der Waals surface area contributed by atoms with E-state index < -0.39 is 5.79 Å². The Labute approximate surface area is 108 Å². The van der Waals surface area contributed by atoms with Gasteiger partial charge in [0.25, 0.3) is 0 Å². The van der Waals surface area contributed by atoms with E-state index in [1.165, 1.54) is 16.3 Å². The summed E-state index contributed by atoms with van der Waals surface area (Å²) in [6.45, 7) is 4.71. The number of hydrogen-bond acceptors (Lipinski definition) is 2. The second kappa shape index (κ2) is 4.29. The van der Waals surface area contributed by atoms with Crippen LogP contribution in [0.2, 0.25) is 0 Å². The highest BCUT2D eigenvalue weighted by Crippen LogP contribution is 2.39. The lowest BCUT2D eigenvalue weighted by atomic mass is 9.97. The third kappa shape index (κ3) is 1.87. The van der Waals surface area contributed by atoms with Crippen LogP contribution >= 0.6 is 0 Å². The van der Waals surface area contributed by atoms with Crippen LogP contribution in [0.15, 0.2) is 36.4 Å². The first-order valence-electron chi connectivity index (χ1n) is 6.55. The first kappa shape index (κ1) is 11.5. The summed E-state index contributed by atoms with van der Waals surface area (Å²) in [5.41, 5.74) is 1.28. The SMILES string of the molecule is CCOC1(C)CCc2ccc3ccccc3c2O1. The lowest BCUT2D eigenvalue weighted by molar-refractivity contribution is -0.176. The van der Waals surface area contributed by atoms with Gasteiger partial charge in [-0.1, -0.05) is 36.4 Å². The third-order valence-corrected chi connectivity index (χ3v) is 3.58. The molecule has 0 aliphatic carbocycles. The summed E-state index contributed by atoms with van der Waals surface area (Å²) in [6.07, 6.45) is 1.92. The van der Waals surface area contributed by atoms with Crippen LogP contribution in [0.3, 0.4) is 0 Å². The summed E-state index contributed by atoms with van der Waals surface area (Å²) < 4.78 is 11.9. The minimum absolute atomic E-state index is 0.480. The fourth-order valence-corrected chi connectivity index (χ4v) is 2.64. The summed E-state index contributed by atoms with van der Waals surface area (Å²) in [5, 5.41) is 2.40. The predicted molar refractivity (Wildman–Crippen MR) is 72.9 cm³/mol. The van der Waals surface area contributed by atoms with Gasteiger partial charge in [-0.2, -0.15) is 0 Å². The van der Waals surface area contributed by atoms with E-state index >= 15 is 0 Å². The monoisotopic (exact) mass is 242 g/mol. The summed E-state index contributed by atoms with van der Waals surface area (Å²) in [5.74, 6) is 0.515. The maximum absolute atomic E-state index is 6.15. The molecule has 2 heteroatoms. The van der Waals surface area contributed by atoms with Gasteiger partial charge < -0.3 is 9.47 Å². The van der Waals surface area contributed by atoms with Crippen molar-refractivity contribution < 1.29 is 9.47 Å². The molecule has 2 nitrogen and oxygen atoms in total. The zero-order valence-electron chi connectivity index (χ0n) is 10.9. The highest BCUT2D eigenvalue weighted by molar-refractivity contribution is 5.89. The molecule has 94 valence electrons. The van der Waals surface area contributed by atoms with Crippen LogP contribution in [0.1, 0.15) is 25.8 Å². The minimum Gasteiger partial charge on any atom is -0.462 e. The first-order valence-corrected chi connectivity index (χ1v) is 6.55. The Kier molecular flexibility index (Phi) is 2.75. The fourth-order valence-electron chi connectivity index (χ4n) is 2.64. The lowest BCUT2D eigenvalue weighted by Crippen LogP contribution is -2.39. The maximum atomic E-state index is 6.15. The van der Waals surface area contributed by atoms with Crippen molar-refractivity contribution in [3.8, 4) is 5.75 Å². The molecule has 0 bridgehead atoms. The van der Waals surface area contributed by atoms with Crippen LogP contribution < -0.4 is 4.74 Å². The van der Waals surface area contributed by atoms with Crippen molar-refractivity contribution in [3.63, 3.8) is 0 Å². The van der Waals surface area contributed by atoms with Crippen LogP contribution in [0.5, 0.6) is 5.75 Å². The molecule has 2 aromatic carbocycles. The minimum atomic E-state index is -0.480. The molecular formula is C16H18O2. The molecule has 1 atom stereocenters. The van der Waals surface area contributed by atoms with Crippen LogP contribution in [-0.4, -0.2) is 12.4 Å². The van der Waals surface area contributed by atoms with E-state index in [1.54, 1.807) is 0 Å². The Hall–Kier alpha value is -1.54. The van der Waals surface area contributed by atoms with Gasteiger partial charge in [-0.15, -0.1) is 0 Å². The summed E-state index contributed by atoms with van der Waals surface area (Å²) in [7, 11) is 0. The van der Waals surface area contributed by atoms with Crippen LogP contribution in [0.4, 0.5) is 0 Å². The zero-order chi connectivity index (χ0) is 12.6. The van der Waals surface area contributed by atoms with Crippen molar-refractivity contribution >= 4 is 10.8 Å². The zero-order valence-corrected chi connectivity index (χ0v) is 10.9. The van der Waals surface area contributed by atoms with Crippen LogP contribution in [0, 0.1) is 0 Å². The molecule has 1 heterocycles. The summed E-state index contributed by atoms with van der Waals surface area (Å²) in [6, 6.07) is 12.7. The molecule has 2 aromatic rings. The highest BCUT2D eigenvalue weighted by Gasteiger charge is 2.32. The molecule has 0 amide bonds. The molecule has 18 heavy (non-hydrogen) atoms. The quantitative estimate of drug-likeness (QED) is 0.794. The van der Waals surface area contributed by atoms with E-state index in [9.17, 15) is 0 Å². The smallest absolute Gasteiger partial charge is 0.208 e. The third-order valence-electron chi connectivity index (χ3n) is 3.58. The van der Waals surface area contributed by atoms with E-state index in [1.807, 2.05) is 13.8 Å². The van der Waals surface area contributed by atoms with Crippen molar-refractivity contribution in [3.05, 3.63) is 42.0 Å². The molecule has 0 aromatic heterocycles. The normalized spacial score (nSPS) is 22.6. The highest BCUT2D eigenvalue weighted by atomic mass is 16.7. The molecule has 0 N–H and O–H groups in total. The fraction of sp³-hybridized carbons (Fsp3) is 0.375. The molecule has 1 aliphatic rings. The number of benzene rings is 2. The lowest BCUT2D eigenvalue weighted by Gasteiger charge is -2.35. The summed E-state index contributed by atoms with van der Waals surface area (Å²) >= 11 is 0. The Bertz CT molecular complexity index is 576. The molecular weight excluding hydrogens is 224 g/mol. The number of hydrogen-bond donors (Lipinski definition) is 0. The molecule has 0 spiro atoms. The van der Waals surface area contributed by atoms with Crippen molar-refractivity contribution in [2.75, 3.05) is 6.61 Å². The number of rotatable bonds is 2. The number of ether oxygens (including phenoxy) is 2. The summed E-state index contributed by atoms with van der Waals surface area (Å²) in [4.78, 5) is 0. The van der Waals surface area contributed by atoms with E-state index in [4.69, 9.17) is 9.47 Å². The van der Waals surface area contributed by atoms with Gasteiger partial charge in [0.15, 0.2) is 0 Å². The second-order valence-corrected chi connectivity index (χ2v) is 4.94. The van der Waals surface area contributed by atoms with Crippen molar-refractivity contribution in [2.45, 2.75) is 32.5 Å². The van der Waals surface area contributed by atoms with Crippen molar-refractivity contribution in [1.82, 2.24) is 0 Å². The second-order valence-electron chi connectivity index (χ2n) is 4.94. The average Bonchev–Trinajstić information content (AvgIpc) is 2.38. The van der Waals surface area contributed by atoms with Crippen LogP contribution in [0.25, 0.3) is 10.8 Å². The Morgan fingerprint density at radius 3 is 2.89 bits per heavy atom. The van der Waals surface area contributed by atoms with Gasteiger partial charge in [0.2, 0.25) is 5.79 Å². The Balaban J connectivity index is 2.10. The average molecular weight is 242 g/mol. The van der Waals surface area contributed by atoms with Gasteiger partial charge in [-0.3, -0.25) is 0 Å².